The van der Waals surface area contributed by atoms with Crippen molar-refractivity contribution < 1.29 is 15.3 Å². The first-order valence-corrected chi connectivity index (χ1v) is 18.6. The lowest BCUT2D eigenvalue weighted by Crippen LogP contribution is -2.09. The van der Waals surface area contributed by atoms with Gasteiger partial charge in [0.2, 0.25) is 0 Å². The lowest BCUT2D eigenvalue weighted by Gasteiger charge is -2.25. The van der Waals surface area contributed by atoms with Gasteiger partial charge in [-0.15, -0.1) is 0 Å². The molecule has 6 aromatic rings. The molecule has 1 aliphatic rings. The molecule has 7 rings (SSSR count). The molecule has 0 aliphatic heterocycles. The summed E-state index contributed by atoms with van der Waals surface area (Å²) in [6.45, 7) is 7.48. The van der Waals surface area contributed by atoms with Crippen LogP contribution < -0.4 is 0 Å². The van der Waals surface area contributed by atoms with E-state index in [0.29, 0.717) is 12.0 Å². The average Bonchev–Trinajstić information content (AvgIpc) is 3.23. The van der Waals surface area contributed by atoms with Gasteiger partial charge in [0.15, 0.2) is 11.5 Å². The van der Waals surface area contributed by atoms with Crippen LogP contribution in [0.25, 0.3) is 50.1 Å². The fourth-order valence-electron chi connectivity index (χ4n) is 7.47. The number of rotatable bonds is 8. The van der Waals surface area contributed by atoms with Crippen LogP contribution in [0, 0.1) is 0 Å². The highest BCUT2D eigenvalue weighted by Crippen LogP contribution is 2.43. The Labute approximate surface area is 324 Å². The van der Waals surface area contributed by atoms with E-state index in [9.17, 15) is 15.3 Å². The molecule has 3 heteroatoms. The summed E-state index contributed by atoms with van der Waals surface area (Å²) in [6, 6.07) is 53.4. The number of fused-ring (bicyclic) bond motifs is 1. The SMILES string of the molecule is C=C/C(=C(O)\C(O)=C(/C)O)C1C/C=C/C=C\C(C)=C(/c2ccc(-c3ccc(-c4ccccc4)cc3)c(-c3ccc(-c4ccccc4)cc3)c2)c2ccccc21. The minimum Gasteiger partial charge on any atom is -0.509 e. The van der Waals surface area contributed by atoms with E-state index < -0.39 is 5.76 Å². The van der Waals surface area contributed by atoms with Gasteiger partial charge in [-0.1, -0.05) is 183 Å². The van der Waals surface area contributed by atoms with Crippen molar-refractivity contribution in [3.8, 4) is 44.5 Å². The third kappa shape index (κ3) is 7.78. The summed E-state index contributed by atoms with van der Waals surface area (Å²) in [7, 11) is 0. The van der Waals surface area contributed by atoms with E-state index in [4.69, 9.17) is 0 Å². The minimum absolute atomic E-state index is 0.362. The number of benzene rings is 6. The van der Waals surface area contributed by atoms with Gasteiger partial charge in [0.25, 0.3) is 0 Å². The summed E-state index contributed by atoms with van der Waals surface area (Å²) in [5.41, 5.74) is 14.7. The second-order valence-corrected chi connectivity index (χ2v) is 13.8. The fourth-order valence-corrected chi connectivity index (χ4v) is 7.47. The van der Waals surface area contributed by atoms with Crippen molar-refractivity contribution in [3.05, 3.63) is 234 Å². The molecular formula is C52H44O3. The first-order valence-electron chi connectivity index (χ1n) is 18.6. The van der Waals surface area contributed by atoms with Gasteiger partial charge in [-0.05, 0) is 98.7 Å². The lowest BCUT2D eigenvalue weighted by molar-refractivity contribution is 0.281. The Balaban J connectivity index is 1.42. The van der Waals surface area contributed by atoms with Crippen LogP contribution in [0.5, 0.6) is 0 Å². The minimum atomic E-state index is -0.560. The summed E-state index contributed by atoms with van der Waals surface area (Å²) < 4.78 is 0. The van der Waals surface area contributed by atoms with E-state index in [1.807, 2.05) is 36.4 Å². The highest BCUT2D eigenvalue weighted by atomic mass is 16.3. The van der Waals surface area contributed by atoms with Crippen molar-refractivity contribution in [2.24, 2.45) is 0 Å². The van der Waals surface area contributed by atoms with Gasteiger partial charge in [0.05, 0.1) is 0 Å². The molecule has 1 aliphatic carbocycles. The molecule has 1 atom stereocenters. The summed E-state index contributed by atoms with van der Waals surface area (Å²) >= 11 is 0. The highest BCUT2D eigenvalue weighted by molar-refractivity contribution is 5.92. The second-order valence-electron chi connectivity index (χ2n) is 13.8. The molecule has 0 bridgehead atoms. The van der Waals surface area contributed by atoms with Crippen LogP contribution >= 0.6 is 0 Å². The van der Waals surface area contributed by atoms with E-state index >= 15 is 0 Å². The predicted octanol–water partition coefficient (Wildman–Crippen LogP) is 14.1. The van der Waals surface area contributed by atoms with Crippen LogP contribution in [0.2, 0.25) is 0 Å². The van der Waals surface area contributed by atoms with Gasteiger partial charge in [0, 0.05) is 11.5 Å². The van der Waals surface area contributed by atoms with Crippen LogP contribution in [0.1, 0.15) is 42.9 Å². The number of hydrogen-bond acceptors (Lipinski definition) is 3. The number of hydrogen-bond donors (Lipinski definition) is 3. The quantitative estimate of drug-likeness (QED) is 0.109. The first kappa shape index (κ1) is 36.5. The molecule has 55 heavy (non-hydrogen) atoms. The molecular weight excluding hydrogens is 673 g/mol. The molecule has 0 aromatic heterocycles. The van der Waals surface area contributed by atoms with Crippen molar-refractivity contribution in [1.82, 2.24) is 0 Å². The Morgan fingerprint density at radius 3 is 1.64 bits per heavy atom. The Hall–Kier alpha value is -6.84. The van der Waals surface area contributed by atoms with E-state index in [2.05, 4.69) is 153 Å². The maximum absolute atomic E-state index is 11.2. The van der Waals surface area contributed by atoms with E-state index in [1.165, 1.54) is 23.6 Å². The highest BCUT2D eigenvalue weighted by Gasteiger charge is 2.25. The smallest absolute Gasteiger partial charge is 0.195 e. The largest absolute Gasteiger partial charge is 0.509 e. The summed E-state index contributed by atoms with van der Waals surface area (Å²) in [5.74, 6) is -1.68. The van der Waals surface area contributed by atoms with Gasteiger partial charge in [0.1, 0.15) is 5.76 Å². The Morgan fingerprint density at radius 1 is 0.545 bits per heavy atom. The maximum atomic E-state index is 11.2. The van der Waals surface area contributed by atoms with Gasteiger partial charge >= 0.3 is 0 Å². The Kier molecular flexibility index (Phi) is 10.9. The summed E-state index contributed by atoms with van der Waals surface area (Å²) in [4.78, 5) is 0. The summed E-state index contributed by atoms with van der Waals surface area (Å²) in [5, 5.41) is 31.9. The van der Waals surface area contributed by atoms with Crippen molar-refractivity contribution in [1.29, 1.82) is 0 Å². The molecule has 0 saturated heterocycles. The van der Waals surface area contributed by atoms with Crippen LogP contribution in [-0.4, -0.2) is 15.3 Å². The summed E-state index contributed by atoms with van der Waals surface area (Å²) in [6.07, 6.45) is 10.3. The first-order chi connectivity index (χ1) is 26.8. The molecule has 6 aromatic carbocycles. The van der Waals surface area contributed by atoms with Gasteiger partial charge in [-0.25, -0.2) is 0 Å². The molecule has 3 N–H and O–H groups in total. The third-order valence-corrected chi connectivity index (χ3v) is 10.3. The molecule has 0 saturated carbocycles. The third-order valence-electron chi connectivity index (χ3n) is 10.3. The standard InChI is InChI=1S/C52H44O3/c1-4-44(52(55)51(54)36(3)53)46-21-13-5-8-16-35(2)50(48-23-15-14-22-47(46)48)43-32-33-45(41-28-24-39(25-29-41)37-17-9-6-10-18-37)49(34-43)42-30-26-40(27-31-42)38-19-11-7-12-20-38/h4-20,22-34,46,53-55H,1,21H2,2-3H3/b13-5+,16-8-,50-35+,51-36-,52-44-. The monoisotopic (exact) mass is 716 g/mol. The number of aliphatic hydroxyl groups is 3. The van der Waals surface area contributed by atoms with E-state index in [1.54, 1.807) is 6.08 Å². The zero-order chi connectivity index (χ0) is 38.3. The molecule has 0 heterocycles. The van der Waals surface area contributed by atoms with Crippen molar-refractivity contribution in [3.63, 3.8) is 0 Å². The Morgan fingerprint density at radius 2 is 1.05 bits per heavy atom. The predicted molar refractivity (Wildman–Crippen MR) is 230 cm³/mol. The molecule has 1 unspecified atom stereocenters. The molecule has 3 nitrogen and oxygen atoms in total. The zero-order valence-corrected chi connectivity index (χ0v) is 31.2. The van der Waals surface area contributed by atoms with Crippen molar-refractivity contribution >= 4 is 5.57 Å². The average molecular weight is 717 g/mol. The van der Waals surface area contributed by atoms with Crippen LogP contribution in [0.15, 0.2) is 217 Å². The zero-order valence-electron chi connectivity index (χ0n) is 31.2. The second kappa shape index (κ2) is 16.4. The molecule has 0 fully saturated rings. The molecule has 0 spiro atoms. The topological polar surface area (TPSA) is 60.7 Å². The van der Waals surface area contributed by atoms with Crippen LogP contribution in [0.4, 0.5) is 0 Å². The number of aliphatic hydroxyl groups excluding tert-OH is 3. The molecule has 270 valence electrons. The maximum Gasteiger partial charge on any atom is 0.195 e. The normalized spacial score (nSPS) is 17.6. The van der Waals surface area contributed by atoms with Crippen molar-refractivity contribution in [2.45, 2.75) is 26.2 Å². The van der Waals surface area contributed by atoms with Crippen molar-refractivity contribution in [2.75, 3.05) is 0 Å². The molecule has 0 radical (unpaired) electrons. The van der Waals surface area contributed by atoms with Crippen LogP contribution in [-0.2, 0) is 0 Å². The van der Waals surface area contributed by atoms with E-state index in [0.717, 1.165) is 55.7 Å². The van der Waals surface area contributed by atoms with Gasteiger partial charge in [-0.3, -0.25) is 0 Å². The fraction of sp³-hybridized carbons (Fsp3) is 0.0769. The van der Waals surface area contributed by atoms with Crippen LogP contribution in [0.3, 0.4) is 0 Å². The van der Waals surface area contributed by atoms with Gasteiger partial charge in [-0.2, -0.15) is 0 Å². The van der Waals surface area contributed by atoms with Gasteiger partial charge < -0.3 is 15.3 Å². The Bertz CT molecular complexity index is 2470. The lowest BCUT2D eigenvalue weighted by atomic mass is 9.79. The number of allylic oxidation sites excluding steroid dienone is 8. The molecule has 0 amide bonds. The van der Waals surface area contributed by atoms with E-state index in [-0.39, 0.29) is 17.4 Å².